The molecule has 0 spiro atoms. The molecular formula is C42H32N4. The fourth-order valence-electron chi connectivity index (χ4n) is 7.33. The summed E-state index contributed by atoms with van der Waals surface area (Å²) < 4.78 is 2.37. The molecule has 0 N–H and O–H groups in total. The van der Waals surface area contributed by atoms with Crippen molar-refractivity contribution in [1.82, 2.24) is 9.55 Å². The quantitative estimate of drug-likeness (QED) is 0.193. The first-order valence-electron chi connectivity index (χ1n) is 16.0. The smallest absolute Gasteiger partial charge is 0.0659 e. The topological polar surface area (TPSA) is 33.4 Å². The molecule has 4 nitrogen and oxygen atoms in total. The summed E-state index contributed by atoms with van der Waals surface area (Å²) in [4.78, 5) is 11.2. The van der Waals surface area contributed by atoms with Crippen LogP contribution in [-0.2, 0) is 12.8 Å². The van der Waals surface area contributed by atoms with Crippen molar-refractivity contribution < 1.29 is 0 Å². The molecule has 2 aromatic heterocycles. The first kappa shape index (κ1) is 26.6. The highest BCUT2D eigenvalue weighted by molar-refractivity contribution is 6.09. The average molecular weight is 593 g/mol. The minimum absolute atomic E-state index is 0.236. The van der Waals surface area contributed by atoms with Crippen molar-refractivity contribution in [2.45, 2.75) is 24.8 Å². The summed E-state index contributed by atoms with van der Waals surface area (Å²) in [5.41, 5.74) is 12.6. The minimum atomic E-state index is 0.236. The predicted octanol–water partition coefficient (Wildman–Crippen LogP) is 9.56. The largest absolute Gasteiger partial charge is 0.333 e. The van der Waals surface area contributed by atoms with Crippen LogP contribution in [0.15, 0.2) is 157 Å². The summed E-state index contributed by atoms with van der Waals surface area (Å²) in [6.45, 7) is 0. The van der Waals surface area contributed by atoms with E-state index in [-0.39, 0.29) is 12.0 Å². The number of rotatable bonds is 6. The van der Waals surface area contributed by atoms with E-state index in [1.807, 2.05) is 24.8 Å². The van der Waals surface area contributed by atoms with Gasteiger partial charge in [-0.1, -0.05) is 84.9 Å². The number of hydrogen-bond acceptors (Lipinski definition) is 3. The Balaban J connectivity index is 0.895. The third-order valence-corrected chi connectivity index (χ3v) is 9.56. The number of para-hydroxylation sites is 2. The van der Waals surface area contributed by atoms with Crippen molar-refractivity contribution in [3.8, 4) is 5.69 Å². The monoisotopic (exact) mass is 592 g/mol. The highest BCUT2D eigenvalue weighted by atomic mass is 15.2. The summed E-state index contributed by atoms with van der Waals surface area (Å²) in [7, 11) is 0. The van der Waals surface area contributed by atoms with Gasteiger partial charge in [0.25, 0.3) is 0 Å². The van der Waals surface area contributed by atoms with Gasteiger partial charge >= 0.3 is 0 Å². The van der Waals surface area contributed by atoms with Gasteiger partial charge in [0.1, 0.15) is 0 Å². The highest BCUT2D eigenvalue weighted by Crippen LogP contribution is 2.45. The summed E-state index contributed by atoms with van der Waals surface area (Å²) in [5, 5.41) is 2.58. The van der Waals surface area contributed by atoms with Gasteiger partial charge in [0.2, 0.25) is 0 Å². The number of pyridine rings is 1. The third kappa shape index (κ3) is 4.53. The predicted molar refractivity (Wildman–Crippen MR) is 190 cm³/mol. The zero-order valence-corrected chi connectivity index (χ0v) is 25.4. The first-order chi connectivity index (χ1) is 22.8. The molecule has 0 saturated carbocycles. The van der Waals surface area contributed by atoms with E-state index in [4.69, 9.17) is 0 Å². The van der Waals surface area contributed by atoms with Crippen molar-refractivity contribution in [2.24, 2.45) is 4.99 Å². The van der Waals surface area contributed by atoms with E-state index in [2.05, 4.69) is 153 Å². The van der Waals surface area contributed by atoms with Gasteiger partial charge in [-0.2, -0.15) is 0 Å². The van der Waals surface area contributed by atoms with Crippen LogP contribution in [0.4, 0.5) is 11.4 Å². The summed E-state index contributed by atoms with van der Waals surface area (Å²) in [6, 6.07) is 46.8. The van der Waals surface area contributed by atoms with E-state index in [1.54, 1.807) is 0 Å². The van der Waals surface area contributed by atoms with Crippen molar-refractivity contribution in [1.29, 1.82) is 0 Å². The average Bonchev–Trinajstić information content (AvgIpc) is 3.63. The van der Waals surface area contributed by atoms with Crippen molar-refractivity contribution in [2.75, 3.05) is 4.90 Å². The maximum absolute atomic E-state index is 4.41. The molecule has 2 aliphatic heterocycles. The van der Waals surface area contributed by atoms with E-state index < -0.39 is 0 Å². The minimum Gasteiger partial charge on any atom is -0.333 e. The molecule has 220 valence electrons. The molecule has 5 aromatic carbocycles. The van der Waals surface area contributed by atoms with Crippen LogP contribution >= 0.6 is 0 Å². The van der Waals surface area contributed by atoms with Crippen LogP contribution in [0.25, 0.3) is 27.5 Å². The lowest BCUT2D eigenvalue weighted by Crippen LogP contribution is -2.29. The molecule has 0 amide bonds. The van der Waals surface area contributed by atoms with E-state index in [9.17, 15) is 0 Å². The molecule has 0 aliphatic carbocycles. The molecule has 7 aromatic rings. The lowest BCUT2D eigenvalue weighted by Gasteiger charge is -2.28. The Morgan fingerprint density at radius 2 is 1.11 bits per heavy atom. The zero-order valence-electron chi connectivity index (χ0n) is 25.4. The van der Waals surface area contributed by atoms with E-state index in [0.717, 1.165) is 12.8 Å². The second kappa shape index (κ2) is 11.0. The molecule has 4 heterocycles. The Morgan fingerprint density at radius 1 is 0.565 bits per heavy atom. The Morgan fingerprint density at radius 3 is 1.72 bits per heavy atom. The van der Waals surface area contributed by atoms with Crippen LogP contribution in [0.1, 0.15) is 33.7 Å². The number of nitrogens with zero attached hydrogens (tertiary/aromatic N) is 4. The van der Waals surface area contributed by atoms with Gasteiger partial charge in [0.05, 0.1) is 17.1 Å². The maximum atomic E-state index is 4.41. The molecule has 0 radical (unpaired) electrons. The van der Waals surface area contributed by atoms with Gasteiger partial charge in [-0.3, -0.25) is 9.98 Å². The SMILES string of the molecule is C1=CC2C(C=N1)c1cnccc1N2c1ccc(Cc2ccc(Cc3ccc(-n4c5ccccc5c5ccccc54)cc3)cc2)cc1. The molecule has 9 rings (SSSR count). The van der Waals surface area contributed by atoms with E-state index in [0.29, 0.717) is 0 Å². The number of anilines is 2. The lowest BCUT2D eigenvalue weighted by molar-refractivity contribution is 0.778. The molecule has 0 saturated heterocycles. The van der Waals surface area contributed by atoms with Crippen LogP contribution in [0, 0.1) is 0 Å². The Bertz CT molecular complexity index is 2200. The number of aliphatic imine (C=N–C) groups is 1. The second-order valence-corrected chi connectivity index (χ2v) is 12.3. The van der Waals surface area contributed by atoms with Gasteiger partial charge in [-0.25, -0.2) is 0 Å². The number of hydrogen-bond donors (Lipinski definition) is 0. The van der Waals surface area contributed by atoms with Crippen LogP contribution in [0.3, 0.4) is 0 Å². The zero-order chi connectivity index (χ0) is 30.5. The molecular weight excluding hydrogens is 560 g/mol. The van der Waals surface area contributed by atoms with Crippen LogP contribution in [-0.4, -0.2) is 21.8 Å². The van der Waals surface area contributed by atoms with Gasteiger partial charge in [-0.15, -0.1) is 0 Å². The molecule has 2 aliphatic rings. The molecule has 0 fully saturated rings. The van der Waals surface area contributed by atoms with Gasteiger partial charge in [0, 0.05) is 64.1 Å². The fraction of sp³-hybridized carbons (Fsp3) is 0.0952. The molecule has 2 atom stereocenters. The van der Waals surface area contributed by atoms with E-state index in [1.165, 1.54) is 66.7 Å². The lowest BCUT2D eigenvalue weighted by atomic mass is 9.96. The standard InChI is InChI=1S/C42H32N4/c1-3-7-39-35(5-1)36-6-2-4-8-40(36)45(39)33-17-13-31(14-18-33)25-29-9-11-30(12-10-29)26-32-15-19-34(20-16-32)46-41-21-23-43-27-37(41)38-28-44-24-22-42(38)46/h1-24,27-28,37,41H,25-26H2. The third-order valence-electron chi connectivity index (χ3n) is 9.56. The van der Waals surface area contributed by atoms with Gasteiger partial charge < -0.3 is 9.47 Å². The Labute approximate surface area is 268 Å². The van der Waals surface area contributed by atoms with Crippen LogP contribution < -0.4 is 4.90 Å². The maximum Gasteiger partial charge on any atom is 0.0659 e. The fourth-order valence-corrected chi connectivity index (χ4v) is 7.33. The normalized spacial score (nSPS) is 16.7. The summed E-state index contributed by atoms with van der Waals surface area (Å²) in [6.07, 6.45) is 11.8. The van der Waals surface area contributed by atoms with Crippen LogP contribution in [0.5, 0.6) is 0 Å². The second-order valence-electron chi connectivity index (χ2n) is 12.3. The number of aromatic nitrogens is 2. The van der Waals surface area contributed by atoms with Gasteiger partial charge in [-0.05, 0) is 83.6 Å². The number of benzene rings is 5. The van der Waals surface area contributed by atoms with Crippen LogP contribution in [0.2, 0.25) is 0 Å². The highest BCUT2D eigenvalue weighted by Gasteiger charge is 2.38. The Kier molecular flexibility index (Phi) is 6.38. The molecule has 0 bridgehead atoms. The summed E-state index contributed by atoms with van der Waals surface area (Å²) in [5.74, 6) is 0.241. The van der Waals surface area contributed by atoms with E-state index >= 15 is 0 Å². The summed E-state index contributed by atoms with van der Waals surface area (Å²) >= 11 is 0. The van der Waals surface area contributed by atoms with Crippen molar-refractivity contribution >= 4 is 39.4 Å². The van der Waals surface area contributed by atoms with Crippen molar-refractivity contribution in [3.63, 3.8) is 0 Å². The Hall–Kier alpha value is -5.74. The van der Waals surface area contributed by atoms with Crippen molar-refractivity contribution in [3.05, 3.63) is 180 Å². The van der Waals surface area contributed by atoms with Gasteiger partial charge in [0.15, 0.2) is 0 Å². The number of fused-ring (bicyclic) bond motifs is 6. The molecule has 46 heavy (non-hydrogen) atoms. The molecule has 4 heteroatoms. The molecule has 2 unspecified atom stereocenters. The first-order valence-corrected chi connectivity index (χ1v) is 16.0.